The van der Waals surface area contributed by atoms with E-state index < -0.39 is 10.8 Å². The first-order valence-corrected chi connectivity index (χ1v) is 8.48. The van der Waals surface area contributed by atoms with Crippen LogP contribution in [0.5, 0.6) is 0 Å². The van der Waals surface area contributed by atoms with E-state index in [2.05, 4.69) is 53.8 Å². The molecule has 1 N–H and O–H groups in total. The standard InChI is InChI=1S/C17H21NOS/c1-2-20(19)13-12-18-14-15-8-10-17(11-9-15)16-6-4-3-5-7-16/h3-11,18H,2,12-14H2,1H3. The zero-order valence-corrected chi connectivity index (χ0v) is 12.7. The molecule has 0 aliphatic carbocycles. The second-order valence-corrected chi connectivity index (χ2v) is 6.54. The van der Waals surface area contributed by atoms with Crippen LogP contribution in [0.3, 0.4) is 0 Å². The lowest BCUT2D eigenvalue weighted by atomic mass is 10.0. The van der Waals surface area contributed by atoms with Gasteiger partial charge < -0.3 is 5.32 Å². The Labute approximate surface area is 123 Å². The molecule has 0 saturated heterocycles. The molecule has 0 heterocycles. The van der Waals surface area contributed by atoms with Crippen LogP contribution in [0.1, 0.15) is 12.5 Å². The lowest BCUT2D eigenvalue weighted by Crippen LogP contribution is -2.20. The number of hydrogen-bond donors (Lipinski definition) is 1. The monoisotopic (exact) mass is 287 g/mol. The normalized spacial score (nSPS) is 12.2. The molecule has 2 nitrogen and oxygen atoms in total. The lowest BCUT2D eigenvalue weighted by Gasteiger charge is -2.06. The molecule has 0 aliphatic rings. The first-order chi connectivity index (χ1) is 9.79. The van der Waals surface area contributed by atoms with Gasteiger partial charge in [0, 0.05) is 35.4 Å². The van der Waals surface area contributed by atoms with E-state index in [0.717, 1.165) is 24.6 Å². The van der Waals surface area contributed by atoms with Crippen LogP contribution in [0.2, 0.25) is 0 Å². The third-order valence-electron chi connectivity index (χ3n) is 3.22. The first-order valence-electron chi connectivity index (χ1n) is 6.99. The molecule has 20 heavy (non-hydrogen) atoms. The van der Waals surface area contributed by atoms with E-state index in [-0.39, 0.29) is 0 Å². The van der Waals surface area contributed by atoms with Crippen molar-refractivity contribution < 1.29 is 4.21 Å². The third kappa shape index (κ3) is 4.58. The number of rotatable bonds is 7. The minimum absolute atomic E-state index is 0.676. The van der Waals surface area contributed by atoms with E-state index in [9.17, 15) is 4.21 Å². The van der Waals surface area contributed by atoms with Gasteiger partial charge >= 0.3 is 0 Å². The maximum atomic E-state index is 11.3. The maximum Gasteiger partial charge on any atom is 0.0360 e. The first kappa shape index (κ1) is 14.9. The van der Waals surface area contributed by atoms with Gasteiger partial charge in [-0.25, -0.2) is 0 Å². The van der Waals surface area contributed by atoms with Gasteiger partial charge in [0.15, 0.2) is 0 Å². The predicted octanol–water partition coefficient (Wildman–Crippen LogP) is 3.21. The van der Waals surface area contributed by atoms with Crippen molar-refractivity contribution in [1.82, 2.24) is 5.32 Å². The highest BCUT2D eigenvalue weighted by Gasteiger charge is 1.98. The van der Waals surface area contributed by atoms with Crippen molar-refractivity contribution in [2.45, 2.75) is 13.5 Å². The molecule has 3 heteroatoms. The summed E-state index contributed by atoms with van der Waals surface area (Å²) < 4.78 is 11.3. The van der Waals surface area contributed by atoms with Gasteiger partial charge in [0.05, 0.1) is 0 Å². The SMILES string of the molecule is CCS(=O)CCNCc1ccc(-c2ccccc2)cc1. The molecule has 1 atom stereocenters. The van der Waals surface area contributed by atoms with Crippen LogP contribution in [-0.4, -0.2) is 22.3 Å². The highest BCUT2D eigenvalue weighted by molar-refractivity contribution is 7.84. The summed E-state index contributed by atoms with van der Waals surface area (Å²) >= 11 is 0. The zero-order valence-electron chi connectivity index (χ0n) is 11.8. The van der Waals surface area contributed by atoms with Crippen molar-refractivity contribution in [2.24, 2.45) is 0 Å². The van der Waals surface area contributed by atoms with Crippen LogP contribution in [0, 0.1) is 0 Å². The molecule has 0 spiro atoms. The Morgan fingerprint density at radius 3 is 2.25 bits per heavy atom. The van der Waals surface area contributed by atoms with Gasteiger partial charge in [-0.2, -0.15) is 0 Å². The predicted molar refractivity (Wildman–Crippen MR) is 87.1 cm³/mol. The Morgan fingerprint density at radius 2 is 1.60 bits per heavy atom. The van der Waals surface area contributed by atoms with Crippen LogP contribution in [-0.2, 0) is 17.3 Å². The molecular formula is C17H21NOS. The Balaban J connectivity index is 1.85. The molecular weight excluding hydrogens is 266 g/mol. The van der Waals surface area contributed by atoms with Crippen molar-refractivity contribution in [3.8, 4) is 11.1 Å². The average Bonchev–Trinajstić information content (AvgIpc) is 2.52. The van der Waals surface area contributed by atoms with Gasteiger partial charge in [0.25, 0.3) is 0 Å². The molecule has 0 bridgehead atoms. The summed E-state index contributed by atoms with van der Waals surface area (Å²) in [5, 5.41) is 3.33. The second-order valence-electron chi connectivity index (χ2n) is 4.67. The van der Waals surface area contributed by atoms with Gasteiger partial charge in [0.1, 0.15) is 0 Å². The maximum absolute atomic E-state index is 11.3. The molecule has 0 aliphatic heterocycles. The van der Waals surface area contributed by atoms with Crippen LogP contribution in [0.15, 0.2) is 54.6 Å². The van der Waals surface area contributed by atoms with Crippen LogP contribution < -0.4 is 5.32 Å². The van der Waals surface area contributed by atoms with Crippen molar-refractivity contribution >= 4 is 10.8 Å². The van der Waals surface area contributed by atoms with E-state index >= 15 is 0 Å². The summed E-state index contributed by atoms with van der Waals surface area (Å²) in [5.41, 5.74) is 3.73. The number of nitrogens with one attached hydrogen (secondary N) is 1. The van der Waals surface area contributed by atoms with Crippen molar-refractivity contribution in [2.75, 3.05) is 18.1 Å². The lowest BCUT2D eigenvalue weighted by molar-refractivity contribution is 0.674. The smallest absolute Gasteiger partial charge is 0.0360 e. The van der Waals surface area contributed by atoms with Gasteiger partial charge in [-0.15, -0.1) is 0 Å². The molecule has 1 unspecified atom stereocenters. The second kappa shape index (κ2) is 7.98. The largest absolute Gasteiger partial charge is 0.312 e. The summed E-state index contributed by atoms with van der Waals surface area (Å²) in [6.07, 6.45) is 0. The quantitative estimate of drug-likeness (QED) is 0.792. The Morgan fingerprint density at radius 1 is 0.950 bits per heavy atom. The Bertz CT molecular complexity index is 537. The van der Waals surface area contributed by atoms with Gasteiger partial charge in [0.2, 0.25) is 0 Å². The number of hydrogen-bond acceptors (Lipinski definition) is 2. The average molecular weight is 287 g/mol. The minimum atomic E-state index is -0.676. The highest BCUT2D eigenvalue weighted by Crippen LogP contribution is 2.19. The van der Waals surface area contributed by atoms with Crippen LogP contribution >= 0.6 is 0 Å². The molecule has 2 aromatic carbocycles. The minimum Gasteiger partial charge on any atom is -0.312 e. The third-order valence-corrected chi connectivity index (χ3v) is 4.52. The fourth-order valence-corrected chi connectivity index (χ4v) is 2.67. The molecule has 0 aromatic heterocycles. The molecule has 0 fully saturated rings. The number of benzene rings is 2. The molecule has 0 radical (unpaired) electrons. The summed E-state index contributed by atoms with van der Waals surface area (Å²) in [6.45, 7) is 3.59. The molecule has 2 aromatic rings. The van der Waals surface area contributed by atoms with Crippen molar-refractivity contribution in [3.63, 3.8) is 0 Å². The summed E-state index contributed by atoms with van der Waals surface area (Å²) in [4.78, 5) is 0. The van der Waals surface area contributed by atoms with E-state index in [1.165, 1.54) is 16.7 Å². The van der Waals surface area contributed by atoms with Crippen LogP contribution in [0.25, 0.3) is 11.1 Å². The molecule has 0 saturated carbocycles. The highest BCUT2D eigenvalue weighted by atomic mass is 32.2. The van der Waals surface area contributed by atoms with Crippen LogP contribution in [0.4, 0.5) is 0 Å². The van der Waals surface area contributed by atoms with E-state index in [1.807, 2.05) is 13.0 Å². The zero-order chi connectivity index (χ0) is 14.2. The molecule has 106 valence electrons. The fraction of sp³-hybridized carbons (Fsp3) is 0.294. The summed E-state index contributed by atoms with van der Waals surface area (Å²) in [7, 11) is -0.676. The molecule has 0 amide bonds. The van der Waals surface area contributed by atoms with Gasteiger partial charge in [-0.05, 0) is 16.7 Å². The summed E-state index contributed by atoms with van der Waals surface area (Å²) in [5.74, 6) is 1.48. The Kier molecular flexibility index (Phi) is 5.96. The van der Waals surface area contributed by atoms with Crippen molar-refractivity contribution in [1.29, 1.82) is 0 Å². The van der Waals surface area contributed by atoms with E-state index in [4.69, 9.17) is 0 Å². The Hall–Kier alpha value is -1.45. The fourth-order valence-electron chi connectivity index (χ4n) is 2.01. The van der Waals surface area contributed by atoms with Gasteiger partial charge in [-0.3, -0.25) is 4.21 Å². The topological polar surface area (TPSA) is 29.1 Å². The van der Waals surface area contributed by atoms with E-state index in [0.29, 0.717) is 0 Å². The van der Waals surface area contributed by atoms with Crippen molar-refractivity contribution in [3.05, 3.63) is 60.2 Å². The molecule has 2 rings (SSSR count). The van der Waals surface area contributed by atoms with Gasteiger partial charge in [-0.1, -0.05) is 61.5 Å². The van der Waals surface area contributed by atoms with E-state index in [1.54, 1.807) is 0 Å². The summed E-state index contributed by atoms with van der Waals surface area (Å²) in [6, 6.07) is 19.0.